The number of rotatable bonds is 4. The number of halogens is 2. The van der Waals surface area contributed by atoms with Crippen LogP contribution in [0.25, 0.3) is 0 Å². The molecule has 1 aromatic rings. The summed E-state index contributed by atoms with van der Waals surface area (Å²) in [5.41, 5.74) is 0.771. The molecule has 0 bridgehead atoms. The number of benzene rings is 1. The maximum atomic E-state index is 13.2. The second-order valence-electron chi connectivity index (χ2n) is 3.27. The molecule has 0 N–H and O–H groups in total. The van der Waals surface area contributed by atoms with Gasteiger partial charge in [-0.3, -0.25) is 8.22 Å². The smallest absolute Gasteiger partial charge is 0.270 e. The van der Waals surface area contributed by atoms with E-state index in [4.69, 9.17) is 0 Å². The highest BCUT2D eigenvalue weighted by Crippen LogP contribution is 2.20. The standard InChI is InChI=1S/C10H14F2Si/c1-2-8-13(11,12)9-10-6-4-3-5-7-10/h3-7H,2,8-9H2,1H3. The van der Waals surface area contributed by atoms with E-state index in [0.29, 0.717) is 6.42 Å². The van der Waals surface area contributed by atoms with Gasteiger partial charge in [0.25, 0.3) is 0 Å². The molecule has 3 heteroatoms. The van der Waals surface area contributed by atoms with Crippen molar-refractivity contribution in [2.45, 2.75) is 25.4 Å². The van der Waals surface area contributed by atoms with Crippen molar-refractivity contribution in [1.29, 1.82) is 0 Å². The van der Waals surface area contributed by atoms with Crippen molar-refractivity contribution in [2.75, 3.05) is 0 Å². The van der Waals surface area contributed by atoms with Gasteiger partial charge in [0, 0.05) is 6.04 Å². The first-order valence-electron chi connectivity index (χ1n) is 4.56. The molecule has 72 valence electrons. The molecule has 0 aromatic heterocycles. The molecule has 0 radical (unpaired) electrons. The lowest BCUT2D eigenvalue weighted by molar-refractivity contribution is 0.582. The molecule has 0 aliphatic heterocycles. The third-order valence-corrected chi connectivity index (χ3v) is 4.08. The van der Waals surface area contributed by atoms with Gasteiger partial charge >= 0.3 is 8.74 Å². The van der Waals surface area contributed by atoms with Crippen LogP contribution in [0, 0.1) is 0 Å². The Labute approximate surface area is 79.0 Å². The van der Waals surface area contributed by atoms with Gasteiger partial charge in [0.05, 0.1) is 0 Å². The Morgan fingerprint density at radius 3 is 2.31 bits per heavy atom. The lowest BCUT2D eigenvalue weighted by atomic mass is 10.2. The summed E-state index contributed by atoms with van der Waals surface area (Å²) in [4.78, 5) is 0. The monoisotopic (exact) mass is 200 g/mol. The van der Waals surface area contributed by atoms with Crippen LogP contribution in [0.1, 0.15) is 18.9 Å². The van der Waals surface area contributed by atoms with Crippen LogP contribution >= 0.6 is 0 Å². The molecule has 0 aliphatic rings. The average molecular weight is 200 g/mol. The van der Waals surface area contributed by atoms with Gasteiger partial charge in [0.2, 0.25) is 0 Å². The van der Waals surface area contributed by atoms with Gasteiger partial charge in [0.1, 0.15) is 0 Å². The summed E-state index contributed by atoms with van der Waals surface area (Å²) in [7, 11) is -3.94. The molecule has 0 heterocycles. The van der Waals surface area contributed by atoms with Crippen LogP contribution in [0.5, 0.6) is 0 Å². The number of hydrogen-bond donors (Lipinski definition) is 0. The largest absolute Gasteiger partial charge is 0.429 e. The lowest BCUT2D eigenvalue weighted by Gasteiger charge is -2.11. The van der Waals surface area contributed by atoms with E-state index in [1.165, 1.54) is 0 Å². The number of hydrogen-bond acceptors (Lipinski definition) is 0. The Hall–Kier alpha value is -0.703. The van der Waals surface area contributed by atoms with Crippen LogP contribution in [-0.4, -0.2) is 8.74 Å². The molecule has 0 spiro atoms. The zero-order chi connectivity index (χ0) is 9.73. The Morgan fingerprint density at radius 1 is 1.15 bits per heavy atom. The highest BCUT2D eigenvalue weighted by Gasteiger charge is 2.33. The van der Waals surface area contributed by atoms with Crippen LogP contribution in [0.3, 0.4) is 0 Å². The molecule has 0 aliphatic carbocycles. The maximum absolute atomic E-state index is 13.2. The van der Waals surface area contributed by atoms with E-state index in [1.54, 1.807) is 12.1 Å². The van der Waals surface area contributed by atoms with Crippen molar-refractivity contribution in [3.05, 3.63) is 35.9 Å². The van der Waals surface area contributed by atoms with Crippen molar-refractivity contribution in [3.8, 4) is 0 Å². The van der Waals surface area contributed by atoms with Gasteiger partial charge < -0.3 is 0 Å². The molecule has 0 amide bonds. The average Bonchev–Trinajstić information content (AvgIpc) is 2.04. The van der Waals surface area contributed by atoms with Crippen LogP contribution in [0.2, 0.25) is 6.04 Å². The Morgan fingerprint density at radius 2 is 1.77 bits per heavy atom. The third kappa shape index (κ3) is 3.68. The lowest BCUT2D eigenvalue weighted by Crippen LogP contribution is -2.25. The highest BCUT2D eigenvalue weighted by atomic mass is 28.4. The summed E-state index contributed by atoms with van der Waals surface area (Å²) >= 11 is 0. The van der Waals surface area contributed by atoms with Crippen LogP contribution < -0.4 is 0 Å². The Bertz CT molecular complexity index is 246. The SMILES string of the molecule is CCC[Si](F)(F)Cc1ccccc1. The van der Waals surface area contributed by atoms with E-state index in [1.807, 2.05) is 25.1 Å². The second-order valence-corrected chi connectivity index (χ2v) is 5.83. The van der Waals surface area contributed by atoms with E-state index in [2.05, 4.69) is 0 Å². The molecule has 1 aromatic carbocycles. The zero-order valence-electron chi connectivity index (χ0n) is 7.76. The van der Waals surface area contributed by atoms with Crippen molar-refractivity contribution >= 4 is 8.74 Å². The van der Waals surface area contributed by atoms with Gasteiger partial charge in [-0.1, -0.05) is 43.7 Å². The van der Waals surface area contributed by atoms with Gasteiger partial charge in [-0.2, -0.15) is 0 Å². The molecule has 0 atom stereocenters. The summed E-state index contributed by atoms with van der Waals surface area (Å²) < 4.78 is 26.5. The second kappa shape index (κ2) is 4.51. The molecule has 0 saturated carbocycles. The summed E-state index contributed by atoms with van der Waals surface area (Å²) in [6, 6.07) is 9.14. The zero-order valence-corrected chi connectivity index (χ0v) is 8.76. The minimum atomic E-state index is -3.94. The molecule has 0 unspecified atom stereocenters. The first kappa shape index (κ1) is 10.4. The van der Waals surface area contributed by atoms with Crippen molar-refractivity contribution in [2.24, 2.45) is 0 Å². The molecular weight excluding hydrogens is 186 g/mol. The fraction of sp³-hybridized carbons (Fsp3) is 0.400. The van der Waals surface area contributed by atoms with Crippen LogP contribution in [-0.2, 0) is 6.04 Å². The molecule has 1 rings (SSSR count). The topological polar surface area (TPSA) is 0 Å². The third-order valence-electron chi connectivity index (χ3n) is 1.92. The Balaban J connectivity index is 2.58. The van der Waals surface area contributed by atoms with E-state index in [9.17, 15) is 8.22 Å². The molecular formula is C10H14F2Si. The van der Waals surface area contributed by atoms with Crippen LogP contribution in [0.15, 0.2) is 30.3 Å². The Kier molecular flexibility index (Phi) is 3.60. The van der Waals surface area contributed by atoms with E-state index >= 15 is 0 Å². The quantitative estimate of drug-likeness (QED) is 0.515. The van der Waals surface area contributed by atoms with Gasteiger partial charge in [0.15, 0.2) is 0 Å². The van der Waals surface area contributed by atoms with Crippen molar-refractivity contribution < 1.29 is 8.22 Å². The predicted octanol–water partition coefficient (Wildman–Crippen LogP) is 3.56. The van der Waals surface area contributed by atoms with Crippen molar-refractivity contribution in [1.82, 2.24) is 0 Å². The minimum absolute atomic E-state index is 0.00167. The fourth-order valence-corrected chi connectivity index (χ4v) is 3.09. The molecule has 0 saturated heterocycles. The first-order valence-corrected chi connectivity index (χ1v) is 6.73. The normalized spacial score (nSPS) is 11.6. The summed E-state index contributed by atoms with van der Waals surface area (Å²) in [5, 5.41) is 0. The molecule has 13 heavy (non-hydrogen) atoms. The van der Waals surface area contributed by atoms with Crippen molar-refractivity contribution in [3.63, 3.8) is 0 Å². The summed E-state index contributed by atoms with van der Waals surface area (Å²) in [5.74, 6) is 0. The van der Waals surface area contributed by atoms with E-state index < -0.39 is 8.74 Å². The fourth-order valence-electron chi connectivity index (χ4n) is 1.35. The maximum Gasteiger partial charge on any atom is 0.429 e. The van der Waals surface area contributed by atoms with E-state index in [-0.39, 0.29) is 12.1 Å². The van der Waals surface area contributed by atoms with Gasteiger partial charge in [-0.25, -0.2) is 0 Å². The minimum Gasteiger partial charge on any atom is -0.270 e. The summed E-state index contributed by atoms with van der Waals surface area (Å²) in [6.07, 6.45) is 0.589. The highest BCUT2D eigenvalue weighted by molar-refractivity contribution is 6.65. The summed E-state index contributed by atoms with van der Waals surface area (Å²) in [6.45, 7) is 1.81. The predicted molar refractivity (Wildman–Crippen MR) is 53.2 cm³/mol. The molecule has 0 fully saturated rings. The van der Waals surface area contributed by atoms with E-state index in [0.717, 1.165) is 5.56 Å². The molecule has 0 nitrogen and oxygen atoms in total. The first-order chi connectivity index (χ1) is 6.14. The van der Waals surface area contributed by atoms with Gasteiger partial charge in [-0.15, -0.1) is 0 Å². The van der Waals surface area contributed by atoms with Gasteiger partial charge in [-0.05, 0) is 11.6 Å². The van der Waals surface area contributed by atoms with Crippen LogP contribution in [0.4, 0.5) is 8.22 Å².